The Kier molecular flexibility index (Phi) is 3.96. The molecule has 0 aromatic carbocycles. The molecule has 1 heterocycles. The normalized spacial score (nSPS) is 22.2. The summed E-state index contributed by atoms with van der Waals surface area (Å²) >= 11 is 0. The SMILES string of the molecule is CC(C)(CNCC1CCC(=O)N1)S(C)(=O)=O. The maximum absolute atomic E-state index is 11.4. The van der Waals surface area contributed by atoms with Gasteiger partial charge in [-0.15, -0.1) is 0 Å². The molecule has 0 spiro atoms. The highest BCUT2D eigenvalue weighted by Gasteiger charge is 2.30. The van der Waals surface area contributed by atoms with Crippen molar-refractivity contribution < 1.29 is 13.2 Å². The molecule has 0 radical (unpaired) electrons. The molecule has 94 valence electrons. The molecule has 16 heavy (non-hydrogen) atoms. The number of hydrogen-bond acceptors (Lipinski definition) is 4. The Morgan fingerprint density at radius 1 is 1.50 bits per heavy atom. The molecule has 1 aliphatic heterocycles. The predicted molar refractivity (Wildman–Crippen MR) is 63.0 cm³/mol. The zero-order chi connectivity index (χ0) is 12.4. The van der Waals surface area contributed by atoms with E-state index in [1.54, 1.807) is 13.8 Å². The van der Waals surface area contributed by atoms with Gasteiger partial charge >= 0.3 is 0 Å². The van der Waals surface area contributed by atoms with Crippen LogP contribution >= 0.6 is 0 Å². The number of carbonyl (C=O) groups is 1. The Morgan fingerprint density at radius 3 is 2.56 bits per heavy atom. The summed E-state index contributed by atoms with van der Waals surface area (Å²) in [6, 6.07) is 0.142. The van der Waals surface area contributed by atoms with E-state index in [1.807, 2.05) is 0 Å². The van der Waals surface area contributed by atoms with Gasteiger partial charge in [0.1, 0.15) is 0 Å². The molecular weight excluding hydrogens is 228 g/mol. The maximum atomic E-state index is 11.4. The lowest BCUT2D eigenvalue weighted by Gasteiger charge is -2.23. The van der Waals surface area contributed by atoms with Gasteiger partial charge in [-0.05, 0) is 20.3 Å². The van der Waals surface area contributed by atoms with E-state index < -0.39 is 14.6 Å². The summed E-state index contributed by atoms with van der Waals surface area (Å²) < 4.78 is 22.1. The zero-order valence-electron chi connectivity index (χ0n) is 10.0. The van der Waals surface area contributed by atoms with Crippen molar-refractivity contribution in [3.05, 3.63) is 0 Å². The van der Waals surface area contributed by atoms with E-state index in [0.29, 0.717) is 19.5 Å². The van der Waals surface area contributed by atoms with Gasteiger partial charge in [-0.25, -0.2) is 8.42 Å². The molecule has 0 aliphatic carbocycles. The molecule has 6 heteroatoms. The van der Waals surface area contributed by atoms with Gasteiger partial charge < -0.3 is 10.6 Å². The van der Waals surface area contributed by atoms with Crippen molar-refractivity contribution in [2.45, 2.75) is 37.5 Å². The van der Waals surface area contributed by atoms with Gasteiger partial charge in [0.25, 0.3) is 0 Å². The zero-order valence-corrected chi connectivity index (χ0v) is 10.9. The average Bonchev–Trinajstić information content (AvgIpc) is 2.49. The molecule has 1 amide bonds. The lowest BCUT2D eigenvalue weighted by molar-refractivity contribution is -0.119. The van der Waals surface area contributed by atoms with Crippen molar-refractivity contribution in [1.82, 2.24) is 10.6 Å². The fourth-order valence-electron chi connectivity index (χ4n) is 1.51. The third-order valence-electron chi connectivity index (χ3n) is 3.03. The minimum Gasteiger partial charge on any atom is -0.352 e. The van der Waals surface area contributed by atoms with E-state index in [4.69, 9.17) is 0 Å². The first-order valence-corrected chi connectivity index (χ1v) is 7.31. The van der Waals surface area contributed by atoms with Crippen LogP contribution in [0.25, 0.3) is 0 Å². The second-order valence-electron chi connectivity index (χ2n) is 4.97. The van der Waals surface area contributed by atoms with Crippen LogP contribution in [0.15, 0.2) is 0 Å². The fourth-order valence-corrected chi connectivity index (χ4v) is 1.87. The summed E-state index contributed by atoms with van der Waals surface area (Å²) in [5, 5.41) is 5.93. The minimum absolute atomic E-state index is 0.0779. The topological polar surface area (TPSA) is 75.3 Å². The molecule has 1 aliphatic rings. The summed E-state index contributed by atoms with van der Waals surface area (Å²) in [6.45, 7) is 4.42. The summed E-state index contributed by atoms with van der Waals surface area (Å²) in [5.41, 5.74) is 0. The molecule has 1 unspecified atom stereocenters. The van der Waals surface area contributed by atoms with E-state index in [2.05, 4.69) is 10.6 Å². The first kappa shape index (κ1) is 13.4. The van der Waals surface area contributed by atoms with E-state index in [9.17, 15) is 13.2 Å². The van der Waals surface area contributed by atoms with E-state index in [1.165, 1.54) is 6.26 Å². The van der Waals surface area contributed by atoms with Gasteiger partial charge in [0.2, 0.25) is 5.91 Å². The molecule has 0 bridgehead atoms. The van der Waals surface area contributed by atoms with Crippen LogP contribution in [0.5, 0.6) is 0 Å². The first-order chi connectivity index (χ1) is 7.22. The fraction of sp³-hybridized carbons (Fsp3) is 0.900. The monoisotopic (exact) mass is 248 g/mol. The van der Waals surface area contributed by atoms with Crippen molar-refractivity contribution in [2.24, 2.45) is 0 Å². The Morgan fingerprint density at radius 2 is 2.12 bits per heavy atom. The van der Waals surface area contributed by atoms with Gasteiger partial charge in [0.05, 0.1) is 4.75 Å². The third-order valence-corrected chi connectivity index (χ3v) is 5.18. The lowest BCUT2D eigenvalue weighted by Crippen LogP contribution is -2.45. The third kappa shape index (κ3) is 3.45. The average molecular weight is 248 g/mol. The Balaban J connectivity index is 2.33. The molecule has 2 N–H and O–H groups in total. The van der Waals surface area contributed by atoms with Crippen molar-refractivity contribution in [3.63, 3.8) is 0 Å². The van der Waals surface area contributed by atoms with E-state index >= 15 is 0 Å². The molecule has 1 saturated heterocycles. The van der Waals surface area contributed by atoms with Crippen LogP contribution in [0, 0.1) is 0 Å². The smallest absolute Gasteiger partial charge is 0.220 e. The highest BCUT2D eigenvalue weighted by molar-refractivity contribution is 7.92. The Bertz CT molecular complexity index is 362. The molecule has 5 nitrogen and oxygen atoms in total. The van der Waals surface area contributed by atoms with Gasteiger partial charge in [-0.3, -0.25) is 4.79 Å². The van der Waals surface area contributed by atoms with E-state index in [-0.39, 0.29) is 11.9 Å². The molecule has 0 saturated carbocycles. The summed E-state index contributed by atoms with van der Waals surface area (Å²) in [7, 11) is -3.06. The minimum atomic E-state index is -3.06. The van der Waals surface area contributed by atoms with Crippen LogP contribution in [0.2, 0.25) is 0 Å². The Hall–Kier alpha value is -0.620. The largest absolute Gasteiger partial charge is 0.352 e. The van der Waals surface area contributed by atoms with Crippen LogP contribution < -0.4 is 10.6 Å². The highest BCUT2D eigenvalue weighted by atomic mass is 32.2. The van der Waals surface area contributed by atoms with Gasteiger partial charge in [0, 0.05) is 31.8 Å². The number of nitrogens with one attached hydrogen (secondary N) is 2. The number of carbonyl (C=O) groups excluding carboxylic acids is 1. The standard InChI is InChI=1S/C10H20N2O3S/c1-10(2,16(3,14)15)7-11-6-8-4-5-9(13)12-8/h8,11H,4-7H2,1-3H3,(H,12,13). The molecule has 1 fully saturated rings. The molecule has 0 aromatic heterocycles. The molecule has 1 rings (SSSR count). The number of hydrogen-bond donors (Lipinski definition) is 2. The van der Waals surface area contributed by atoms with Gasteiger partial charge in [-0.1, -0.05) is 0 Å². The van der Waals surface area contributed by atoms with Crippen LogP contribution in [0.1, 0.15) is 26.7 Å². The van der Waals surface area contributed by atoms with Crippen LogP contribution in [0.4, 0.5) is 0 Å². The molecule has 1 atom stereocenters. The van der Waals surface area contributed by atoms with Crippen LogP contribution in [0.3, 0.4) is 0 Å². The second-order valence-corrected chi connectivity index (χ2v) is 7.62. The van der Waals surface area contributed by atoms with Crippen molar-refractivity contribution in [2.75, 3.05) is 19.3 Å². The summed E-state index contributed by atoms with van der Waals surface area (Å²) in [4.78, 5) is 10.9. The quantitative estimate of drug-likeness (QED) is 0.699. The lowest BCUT2D eigenvalue weighted by atomic mass is 10.2. The van der Waals surface area contributed by atoms with Gasteiger partial charge in [0.15, 0.2) is 9.84 Å². The second kappa shape index (κ2) is 4.71. The Labute approximate surface area is 96.9 Å². The van der Waals surface area contributed by atoms with Crippen LogP contribution in [-0.2, 0) is 14.6 Å². The highest BCUT2D eigenvalue weighted by Crippen LogP contribution is 2.13. The molecular formula is C10H20N2O3S. The number of amides is 1. The van der Waals surface area contributed by atoms with Crippen molar-refractivity contribution in [3.8, 4) is 0 Å². The maximum Gasteiger partial charge on any atom is 0.220 e. The van der Waals surface area contributed by atoms with Crippen molar-refractivity contribution in [1.29, 1.82) is 0 Å². The van der Waals surface area contributed by atoms with E-state index in [0.717, 1.165) is 6.42 Å². The number of sulfone groups is 1. The first-order valence-electron chi connectivity index (χ1n) is 5.42. The molecule has 0 aromatic rings. The van der Waals surface area contributed by atoms with Crippen molar-refractivity contribution >= 4 is 15.7 Å². The number of rotatable bonds is 5. The summed E-state index contributed by atoms with van der Waals surface area (Å²) in [5.74, 6) is 0.0779. The summed E-state index contributed by atoms with van der Waals surface area (Å²) in [6.07, 6.45) is 2.64. The van der Waals surface area contributed by atoms with Crippen LogP contribution in [-0.4, -0.2) is 44.5 Å². The predicted octanol–water partition coefficient (Wildman–Crippen LogP) is -0.322. The van der Waals surface area contributed by atoms with Gasteiger partial charge in [-0.2, -0.15) is 0 Å².